The van der Waals surface area contributed by atoms with Crippen molar-refractivity contribution in [3.05, 3.63) is 77.1 Å². The molecule has 1 N–H and O–H groups in total. The van der Waals surface area contributed by atoms with Gasteiger partial charge in [0.05, 0.1) is 33.1 Å². The Bertz CT molecular complexity index is 1170. The Hall–Kier alpha value is -4.40. The Labute approximate surface area is 197 Å². The first kappa shape index (κ1) is 24.2. The molecule has 0 unspecified atom stereocenters. The first-order valence-electron chi connectivity index (χ1n) is 10.4. The molecule has 9 heteroatoms. The summed E-state index contributed by atoms with van der Waals surface area (Å²) in [6.45, 7) is 2.01. The summed E-state index contributed by atoms with van der Waals surface area (Å²) in [6, 6.07) is 13.2. The van der Waals surface area contributed by atoms with Crippen LogP contribution < -0.4 is 24.4 Å². The van der Waals surface area contributed by atoms with E-state index in [0.717, 1.165) is 12.0 Å². The van der Waals surface area contributed by atoms with Gasteiger partial charge in [0.1, 0.15) is 11.4 Å². The van der Waals surface area contributed by atoms with E-state index < -0.39 is 11.9 Å². The van der Waals surface area contributed by atoms with Gasteiger partial charge in [0.2, 0.25) is 5.75 Å². The van der Waals surface area contributed by atoms with E-state index in [0.29, 0.717) is 28.6 Å². The standard InChI is InChI=1S/C25H25N3O6/c1-5-16-9-10-20(26-14-16)24(29)28-27-15-17-7-6-8-19(11-17)34-25(30)18-12-21(31-2)23(33-4)22(13-18)32-3/h6-15H,5H2,1-4H3,(H,28,29)/b27-15+. The summed E-state index contributed by atoms with van der Waals surface area (Å²) in [6.07, 6.45) is 3.94. The number of hydrogen-bond acceptors (Lipinski definition) is 8. The Kier molecular flexibility index (Phi) is 8.17. The number of methoxy groups -OCH3 is 3. The predicted octanol–water partition coefficient (Wildman–Crippen LogP) is 3.65. The summed E-state index contributed by atoms with van der Waals surface area (Å²) < 4.78 is 21.3. The van der Waals surface area contributed by atoms with Gasteiger partial charge < -0.3 is 18.9 Å². The third-order valence-corrected chi connectivity index (χ3v) is 4.81. The smallest absolute Gasteiger partial charge is 0.343 e. The maximum absolute atomic E-state index is 12.7. The van der Waals surface area contributed by atoms with Crippen LogP contribution in [0.15, 0.2) is 59.8 Å². The lowest BCUT2D eigenvalue weighted by Crippen LogP contribution is -2.19. The van der Waals surface area contributed by atoms with Gasteiger partial charge in [-0.1, -0.05) is 25.1 Å². The first-order valence-corrected chi connectivity index (χ1v) is 10.4. The van der Waals surface area contributed by atoms with Crippen molar-refractivity contribution in [1.82, 2.24) is 10.4 Å². The van der Waals surface area contributed by atoms with Crippen molar-refractivity contribution in [3.63, 3.8) is 0 Å². The summed E-state index contributed by atoms with van der Waals surface area (Å²) in [5.74, 6) is 0.310. The summed E-state index contributed by atoms with van der Waals surface area (Å²) in [5, 5.41) is 3.95. The minimum Gasteiger partial charge on any atom is -0.493 e. The number of rotatable bonds is 9. The summed E-state index contributed by atoms with van der Waals surface area (Å²) in [7, 11) is 4.40. The van der Waals surface area contributed by atoms with Crippen LogP contribution in [0.5, 0.6) is 23.0 Å². The number of nitrogens with zero attached hydrogens (tertiary/aromatic N) is 2. The molecule has 1 amide bonds. The number of hydrogen-bond donors (Lipinski definition) is 1. The molecule has 0 aliphatic rings. The van der Waals surface area contributed by atoms with Gasteiger partial charge in [-0.05, 0) is 47.9 Å². The van der Waals surface area contributed by atoms with Crippen LogP contribution in [-0.4, -0.2) is 44.4 Å². The molecule has 0 radical (unpaired) electrons. The SMILES string of the molecule is CCc1ccc(C(=O)N/N=C/c2cccc(OC(=O)c3cc(OC)c(OC)c(OC)c3)c2)nc1. The molecule has 3 aromatic rings. The lowest BCUT2D eigenvalue weighted by Gasteiger charge is -2.13. The maximum Gasteiger partial charge on any atom is 0.343 e. The third-order valence-electron chi connectivity index (χ3n) is 4.81. The van der Waals surface area contributed by atoms with Gasteiger partial charge in [0.15, 0.2) is 11.5 Å². The molecule has 0 saturated carbocycles. The topological polar surface area (TPSA) is 108 Å². The number of aromatic nitrogens is 1. The highest BCUT2D eigenvalue weighted by atomic mass is 16.5. The van der Waals surface area contributed by atoms with Crippen LogP contribution in [0.2, 0.25) is 0 Å². The zero-order chi connectivity index (χ0) is 24.5. The Morgan fingerprint density at radius 2 is 1.74 bits per heavy atom. The van der Waals surface area contributed by atoms with Crippen LogP contribution in [0.25, 0.3) is 0 Å². The molecule has 1 heterocycles. The molecule has 0 fully saturated rings. The number of carbonyl (C=O) groups is 2. The fraction of sp³-hybridized carbons (Fsp3) is 0.200. The second kappa shape index (κ2) is 11.5. The summed E-state index contributed by atoms with van der Waals surface area (Å²) in [4.78, 5) is 29.0. The van der Waals surface area contributed by atoms with E-state index in [-0.39, 0.29) is 11.3 Å². The molecule has 3 rings (SSSR count). The number of benzene rings is 2. The van der Waals surface area contributed by atoms with Gasteiger partial charge in [0, 0.05) is 6.20 Å². The Morgan fingerprint density at radius 1 is 1.00 bits per heavy atom. The number of pyridine rings is 1. The normalized spacial score (nSPS) is 10.6. The number of aryl methyl sites for hydroxylation is 1. The van der Waals surface area contributed by atoms with E-state index in [1.165, 1.54) is 39.7 Å². The van der Waals surface area contributed by atoms with Gasteiger partial charge in [-0.2, -0.15) is 5.10 Å². The highest BCUT2D eigenvalue weighted by Gasteiger charge is 2.18. The van der Waals surface area contributed by atoms with Gasteiger partial charge >= 0.3 is 5.97 Å². The number of amides is 1. The molecule has 176 valence electrons. The highest BCUT2D eigenvalue weighted by molar-refractivity contribution is 5.94. The van der Waals surface area contributed by atoms with E-state index in [1.54, 1.807) is 36.5 Å². The average molecular weight is 463 g/mol. The van der Waals surface area contributed by atoms with E-state index >= 15 is 0 Å². The second-order valence-corrected chi connectivity index (χ2v) is 6.98. The minimum atomic E-state index is -0.608. The Morgan fingerprint density at radius 3 is 2.32 bits per heavy atom. The van der Waals surface area contributed by atoms with Crippen LogP contribution in [-0.2, 0) is 6.42 Å². The van der Waals surface area contributed by atoms with Crippen molar-refractivity contribution >= 4 is 18.1 Å². The molecule has 2 aromatic carbocycles. The molecule has 9 nitrogen and oxygen atoms in total. The van der Waals surface area contributed by atoms with Crippen molar-refractivity contribution in [1.29, 1.82) is 0 Å². The van der Waals surface area contributed by atoms with Gasteiger partial charge in [-0.3, -0.25) is 9.78 Å². The van der Waals surface area contributed by atoms with Gasteiger partial charge in [-0.25, -0.2) is 10.2 Å². The second-order valence-electron chi connectivity index (χ2n) is 6.98. The molecular formula is C25H25N3O6. The zero-order valence-electron chi connectivity index (χ0n) is 19.3. The van der Waals surface area contributed by atoms with Crippen LogP contribution in [0.4, 0.5) is 0 Å². The number of carbonyl (C=O) groups excluding carboxylic acids is 2. The minimum absolute atomic E-state index is 0.224. The fourth-order valence-corrected chi connectivity index (χ4v) is 3.01. The third kappa shape index (κ3) is 5.89. The predicted molar refractivity (Wildman–Crippen MR) is 126 cm³/mol. The van der Waals surface area contributed by atoms with Crippen LogP contribution >= 0.6 is 0 Å². The first-order chi connectivity index (χ1) is 16.5. The number of ether oxygens (including phenoxy) is 4. The number of nitrogens with one attached hydrogen (secondary N) is 1. The number of hydrazone groups is 1. The largest absolute Gasteiger partial charge is 0.493 e. The van der Waals surface area contributed by atoms with E-state index in [2.05, 4.69) is 15.5 Å². The fourth-order valence-electron chi connectivity index (χ4n) is 3.01. The van der Waals surface area contributed by atoms with E-state index in [4.69, 9.17) is 18.9 Å². The highest BCUT2D eigenvalue weighted by Crippen LogP contribution is 2.38. The van der Waals surface area contributed by atoms with E-state index in [9.17, 15) is 9.59 Å². The molecule has 0 aliphatic carbocycles. The van der Waals surface area contributed by atoms with Crippen molar-refractivity contribution in [2.45, 2.75) is 13.3 Å². The molecule has 0 bridgehead atoms. The molecule has 34 heavy (non-hydrogen) atoms. The molecule has 0 aliphatic heterocycles. The van der Waals surface area contributed by atoms with Crippen molar-refractivity contribution in [2.24, 2.45) is 5.10 Å². The summed E-state index contributed by atoms with van der Waals surface area (Å²) >= 11 is 0. The molecule has 0 spiro atoms. The van der Waals surface area contributed by atoms with Crippen LogP contribution in [0.1, 0.15) is 38.9 Å². The summed E-state index contributed by atoms with van der Waals surface area (Å²) in [5.41, 5.74) is 4.57. The van der Waals surface area contributed by atoms with Crippen molar-refractivity contribution in [2.75, 3.05) is 21.3 Å². The van der Waals surface area contributed by atoms with Crippen molar-refractivity contribution < 1.29 is 28.5 Å². The molecular weight excluding hydrogens is 438 g/mol. The monoisotopic (exact) mass is 463 g/mol. The number of esters is 1. The maximum atomic E-state index is 12.7. The van der Waals surface area contributed by atoms with Gasteiger partial charge in [-0.15, -0.1) is 0 Å². The lowest BCUT2D eigenvalue weighted by atomic mass is 10.1. The molecule has 0 saturated heterocycles. The lowest BCUT2D eigenvalue weighted by molar-refractivity contribution is 0.0733. The van der Waals surface area contributed by atoms with E-state index in [1.807, 2.05) is 13.0 Å². The quantitative estimate of drug-likeness (QED) is 0.223. The van der Waals surface area contributed by atoms with Gasteiger partial charge in [0.25, 0.3) is 5.91 Å². The van der Waals surface area contributed by atoms with Crippen LogP contribution in [0, 0.1) is 0 Å². The van der Waals surface area contributed by atoms with Crippen molar-refractivity contribution in [3.8, 4) is 23.0 Å². The molecule has 1 aromatic heterocycles. The Balaban J connectivity index is 1.68. The zero-order valence-corrected chi connectivity index (χ0v) is 19.3. The average Bonchev–Trinajstić information content (AvgIpc) is 2.87. The molecule has 0 atom stereocenters. The van der Waals surface area contributed by atoms with Crippen LogP contribution in [0.3, 0.4) is 0 Å².